The van der Waals surface area contributed by atoms with Crippen molar-refractivity contribution in [2.24, 2.45) is 0 Å². The van der Waals surface area contributed by atoms with Crippen molar-refractivity contribution >= 4 is 44.5 Å². The van der Waals surface area contributed by atoms with Crippen LogP contribution in [0.15, 0.2) is 18.5 Å². The number of ether oxygens (including phenoxy) is 1. The third-order valence-corrected chi connectivity index (χ3v) is 6.85. The van der Waals surface area contributed by atoms with Gasteiger partial charge < -0.3 is 15.4 Å². The van der Waals surface area contributed by atoms with Crippen molar-refractivity contribution in [3.05, 3.63) is 29.0 Å². The third kappa shape index (κ3) is 3.43. The number of hydrogen-bond acceptors (Lipinski definition) is 9. The topological polar surface area (TPSA) is 133 Å². The number of nitrogens with zero attached hydrogens (tertiary/aromatic N) is 5. The molecule has 0 aliphatic carbocycles. The number of hydrogen-bond donors (Lipinski definition) is 1. The molecule has 0 radical (unpaired) electrons. The summed E-state index contributed by atoms with van der Waals surface area (Å²) in [6.45, 7) is 1.84. The van der Waals surface area contributed by atoms with E-state index >= 15 is 0 Å². The van der Waals surface area contributed by atoms with Crippen LogP contribution in [0.4, 0.5) is 11.6 Å². The van der Waals surface area contributed by atoms with E-state index in [9.17, 15) is 13.2 Å². The molecule has 0 saturated carbocycles. The van der Waals surface area contributed by atoms with E-state index in [1.165, 1.54) is 18.5 Å². The van der Waals surface area contributed by atoms with Crippen LogP contribution in [0, 0.1) is 0 Å². The molecule has 4 rings (SSSR count). The van der Waals surface area contributed by atoms with Crippen LogP contribution >= 0.6 is 11.6 Å². The van der Waals surface area contributed by atoms with Gasteiger partial charge in [0.25, 0.3) is 0 Å². The number of fused-ring (bicyclic) bond motifs is 1. The molecule has 10 nitrogen and oxygen atoms in total. The van der Waals surface area contributed by atoms with Gasteiger partial charge in [0, 0.05) is 30.4 Å². The average Bonchev–Trinajstić information content (AvgIpc) is 3.12. The third-order valence-electron chi connectivity index (χ3n) is 4.97. The number of anilines is 2. The van der Waals surface area contributed by atoms with Crippen LogP contribution in [0.25, 0.3) is 16.8 Å². The number of nitrogen functional groups attached to an aromatic ring is 1. The Balaban J connectivity index is 1.89. The van der Waals surface area contributed by atoms with Crippen LogP contribution in [-0.2, 0) is 9.84 Å². The number of carbonyl (C=O) groups excluding carboxylic acids is 1. The lowest BCUT2D eigenvalue weighted by molar-refractivity contribution is 0.101. The van der Waals surface area contributed by atoms with Crippen molar-refractivity contribution in [2.45, 2.75) is 6.92 Å². The molecule has 158 valence electrons. The van der Waals surface area contributed by atoms with E-state index in [1.807, 2.05) is 0 Å². The summed E-state index contributed by atoms with van der Waals surface area (Å²) in [5.41, 5.74) is 8.15. The van der Waals surface area contributed by atoms with Crippen LogP contribution < -0.4 is 15.4 Å². The summed E-state index contributed by atoms with van der Waals surface area (Å²) in [6, 6.07) is 1.67. The van der Waals surface area contributed by atoms with Crippen molar-refractivity contribution in [1.29, 1.82) is 0 Å². The Hall–Kier alpha value is -2.92. The van der Waals surface area contributed by atoms with E-state index in [1.54, 1.807) is 23.4 Å². The first-order valence-electron chi connectivity index (χ1n) is 9.05. The van der Waals surface area contributed by atoms with E-state index < -0.39 is 9.84 Å². The zero-order valence-electron chi connectivity index (χ0n) is 16.3. The Kier molecular flexibility index (Phi) is 5.02. The predicted molar refractivity (Wildman–Crippen MR) is 113 cm³/mol. The van der Waals surface area contributed by atoms with Gasteiger partial charge in [0.05, 0.1) is 24.8 Å². The smallest absolute Gasteiger partial charge is 0.232 e. The van der Waals surface area contributed by atoms with E-state index in [-0.39, 0.29) is 41.8 Å². The maximum Gasteiger partial charge on any atom is 0.232 e. The van der Waals surface area contributed by atoms with Crippen LogP contribution in [0.1, 0.15) is 17.3 Å². The largest absolute Gasteiger partial charge is 0.480 e. The molecule has 1 aliphatic rings. The second-order valence-electron chi connectivity index (χ2n) is 6.90. The summed E-state index contributed by atoms with van der Waals surface area (Å²) in [6.07, 6.45) is 3.14. The summed E-state index contributed by atoms with van der Waals surface area (Å²) in [7, 11) is -1.63. The molecule has 0 atom stereocenters. The Morgan fingerprint density at radius 3 is 2.57 bits per heavy atom. The first-order valence-corrected chi connectivity index (χ1v) is 11.2. The van der Waals surface area contributed by atoms with Crippen molar-refractivity contribution in [3.63, 3.8) is 0 Å². The number of nitrogens with two attached hydrogens (primary N) is 1. The number of Topliss-reactive ketones (excluding diaryl/α,β-unsaturated/α-hetero) is 1. The number of aromatic nitrogens is 4. The Labute approximate surface area is 177 Å². The lowest BCUT2D eigenvalue weighted by Crippen LogP contribution is -2.41. The fraction of sp³-hybridized carbons (Fsp3) is 0.333. The van der Waals surface area contributed by atoms with Gasteiger partial charge >= 0.3 is 0 Å². The minimum Gasteiger partial charge on any atom is -0.480 e. The highest BCUT2D eigenvalue weighted by atomic mass is 35.5. The second-order valence-corrected chi connectivity index (χ2v) is 9.61. The first-order chi connectivity index (χ1) is 14.2. The van der Waals surface area contributed by atoms with Gasteiger partial charge in [-0.05, 0) is 13.0 Å². The van der Waals surface area contributed by atoms with Crippen LogP contribution in [0.3, 0.4) is 0 Å². The highest BCUT2D eigenvalue weighted by molar-refractivity contribution is 7.91. The fourth-order valence-corrected chi connectivity index (χ4v) is 4.86. The van der Waals surface area contributed by atoms with Gasteiger partial charge in [0.1, 0.15) is 22.2 Å². The minimum absolute atomic E-state index is 0.0127. The number of ketones is 1. The molecule has 4 heterocycles. The Bertz CT molecular complexity index is 1260. The van der Waals surface area contributed by atoms with Crippen molar-refractivity contribution < 1.29 is 17.9 Å². The standard InChI is InChI=1S/C18H19ClN6O4S/c1-10(26)14-15(20)25-16(23-17(14)24-3-5-30(27,28)6-4-24)12(9-22-25)11-7-13(19)18(29-2)21-8-11/h7-9H,3-6,20H2,1-2H3. The van der Waals surface area contributed by atoms with Crippen molar-refractivity contribution in [3.8, 4) is 17.0 Å². The molecule has 12 heteroatoms. The number of halogens is 1. The maximum absolute atomic E-state index is 12.3. The molecule has 0 spiro atoms. The fourth-order valence-electron chi connectivity index (χ4n) is 3.42. The number of methoxy groups -OCH3 is 1. The van der Waals surface area contributed by atoms with Gasteiger partial charge in [-0.15, -0.1) is 0 Å². The van der Waals surface area contributed by atoms with Gasteiger partial charge in [-0.2, -0.15) is 9.61 Å². The van der Waals surface area contributed by atoms with Gasteiger partial charge in [0.2, 0.25) is 5.88 Å². The molecule has 0 unspecified atom stereocenters. The van der Waals surface area contributed by atoms with Crippen LogP contribution in [0.5, 0.6) is 5.88 Å². The number of rotatable bonds is 4. The Morgan fingerprint density at radius 2 is 1.97 bits per heavy atom. The zero-order valence-corrected chi connectivity index (χ0v) is 17.9. The lowest BCUT2D eigenvalue weighted by Gasteiger charge is -2.29. The number of sulfone groups is 1. The van der Waals surface area contributed by atoms with Gasteiger partial charge in [0.15, 0.2) is 21.3 Å². The maximum atomic E-state index is 12.3. The molecule has 3 aromatic heterocycles. The SMILES string of the molecule is COc1ncc(-c2cnn3c(N)c(C(C)=O)c(N4CCS(=O)(=O)CC4)nc23)cc1Cl. The highest BCUT2D eigenvalue weighted by Gasteiger charge is 2.28. The molecule has 2 N–H and O–H groups in total. The monoisotopic (exact) mass is 450 g/mol. The van der Waals surface area contributed by atoms with Gasteiger partial charge in [-0.3, -0.25) is 4.79 Å². The molecular formula is C18H19ClN6O4S. The predicted octanol–water partition coefficient (Wildman–Crippen LogP) is 1.47. The average molecular weight is 451 g/mol. The summed E-state index contributed by atoms with van der Waals surface area (Å²) >= 11 is 6.21. The van der Waals surface area contributed by atoms with Crippen LogP contribution in [0.2, 0.25) is 5.02 Å². The molecule has 0 bridgehead atoms. The molecule has 30 heavy (non-hydrogen) atoms. The summed E-state index contributed by atoms with van der Waals surface area (Å²) < 4.78 is 30.1. The summed E-state index contributed by atoms with van der Waals surface area (Å²) in [5, 5.41) is 4.60. The van der Waals surface area contributed by atoms with E-state index in [0.29, 0.717) is 33.5 Å². The summed E-state index contributed by atoms with van der Waals surface area (Å²) in [4.78, 5) is 23.0. The normalized spacial score (nSPS) is 16.0. The molecule has 0 aromatic carbocycles. The van der Waals surface area contributed by atoms with Crippen LogP contribution in [-0.4, -0.2) is 65.5 Å². The van der Waals surface area contributed by atoms with E-state index in [0.717, 1.165) is 0 Å². The number of carbonyl (C=O) groups is 1. The molecule has 0 amide bonds. The minimum atomic E-state index is -3.10. The molecule has 1 aliphatic heterocycles. The van der Waals surface area contributed by atoms with Crippen molar-refractivity contribution in [1.82, 2.24) is 19.6 Å². The van der Waals surface area contributed by atoms with Crippen molar-refractivity contribution in [2.75, 3.05) is 42.3 Å². The van der Waals surface area contributed by atoms with Gasteiger partial charge in [-0.25, -0.2) is 18.4 Å². The molecule has 1 saturated heterocycles. The van der Waals surface area contributed by atoms with E-state index in [4.69, 9.17) is 22.1 Å². The van der Waals surface area contributed by atoms with E-state index in [2.05, 4.69) is 15.1 Å². The molecular weight excluding hydrogens is 432 g/mol. The number of pyridine rings is 1. The quantitative estimate of drug-likeness (QED) is 0.586. The zero-order chi connectivity index (χ0) is 21.6. The summed E-state index contributed by atoms with van der Waals surface area (Å²) in [5.74, 6) is 0.462. The second kappa shape index (κ2) is 7.40. The Morgan fingerprint density at radius 1 is 1.27 bits per heavy atom. The highest BCUT2D eigenvalue weighted by Crippen LogP contribution is 2.33. The lowest BCUT2D eigenvalue weighted by atomic mass is 10.1. The first kappa shape index (κ1) is 20.4. The molecule has 1 fully saturated rings. The van der Waals surface area contributed by atoms with Gasteiger partial charge in [-0.1, -0.05) is 11.6 Å². The molecule has 3 aromatic rings.